The summed E-state index contributed by atoms with van der Waals surface area (Å²) in [5, 5.41) is 11.3. The third-order valence-electron chi connectivity index (χ3n) is 5.99. The molecular weight excluding hydrogens is 352 g/mol. The lowest BCUT2D eigenvalue weighted by molar-refractivity contribution is -0.148. The zero-order valence-corrected chi connectivity index (χ0v) is 15.3. The molecule has 0 saturated heterocycles. The standard InChI is InChI=1S/C19H22N2O4S/c1-9-2-5-12-13(8-26-14(12)6-9)17(22)20-21-18(23)15-10-3-4-11(7-10)16(15)19(24)25/h3-4,8-11,15-16H,2,5-7H2,1H3,(H,20,22)(H,21,23)(H,24,25)/t9-,10-,11+,15-,16+/m1/s1. The van der Waals surface area contributed by atoms with Crippen molar-refractivity contribution >= 4 is 29.1 Å². The molecule has 3 aliphatic rings. The molecule has 0 aliphatic heterocycles. The minimum atomic E-state index is -0.950. The van der Waals surface area contributed by atoms with Crippen LogP contribution in [-0.2, 0) is 22.4 Å². The highest BCUT2D eigenvalue weighted by molar-refractivity contribution is 7.10. The van der Waals surface area contributed by atoms with Gasteiger partial charge in [-0.15, -0.1) is 11.3 Å². The molecule has 0 spiro atoms. The second kappa shape index (κ2) is 6.54. The van der Waals surface area contributed by atoms with Gasteiger partial charge in [-0.05, 0) is 49.0 Å². The van der Waals surface area contributed by atoms with Crippen LogP contribution >= 0.6 is 11.3 Å². The van der Waals surface area contributed by atoms with Crippen molar-refractivity contribution in [2.75, 3.05) is 0 Å². The highest BCUT2D eigenvalue weighted by Gasteiger charge is 2.51. The highest BCUT2D eigenvalue weighted by Crippen LogP contribution is 2.48. The van der Waals surface area contributed by atoms with Gasteiger partial charge < -0.3 is 5.11 Å². The monoisotopic (exact) mass is 374 g/mol. The van der Waals surface area contributed by atoms with E-state index in [9.17, 15) is 19.5 Å². The van der Waals surface area contributed by atoms with Crippen molar-refractivity contribution in [2.24, 2.45) is 29.6 Å². The molecule has 1 fully saturated rings. The van der Waals surface area contributed by atoms with Crippen molar-refractivity contribution in [3.63, 3.8) is 0 Å². The van der Waals surface area contributed by atoms with Crippen molar-refractivity contribution < 1.29 is 19.5 Å². The van der Waals surface area contributed by atoms with Gasteiger partial charge in [-0.3, -0.25) is 25.2 Å². The van der Waals surface area contributed by atoms with Crippen LogP contribution in [0.5, 0.6) is 0 Å². The maximum atomic E-state index is 12.5. The lowest BCUT2D eigenvalue weighted by Gasteiger charge is -2.24. The maximum Gasteiger partial charge on any atom is 0.307 e. The number of rotatable bonds is 3. The Hall–Kier alpha value is -2.15. The smallest absolute Gasteiger partial charge is 0.307 e. The van der Waals surface area contributed by atoms with Crippen LogP contribution in [0.3, 0.4) is 0 Å². The number of carbonyl (C=O) groups excluding carboxylic acids is 2. The molecule has 7 heteroatoms. The van der Waals surface area contributed by atoms with Gasteiger partial charge in [-0.1, -0.05) is 19.1 Å². The van der Waals surface area contributed by atoms with E-state index >= 15 is 0 Å². The first-order valence-electron chi connectivity index (χ1n) is 9.06. The molecular formula is C19H22N2O4S. The van der Waals surface area contributed by atoms with E-state index in [0.29, 0.717) is 17.9 Å². The van der Waals surface area contributed by atoms with Crippen LogP contribution < -0.4 is 10.9 Å². The number of fused-ring (bicyclic) bond motifs is 3. The SMILES string of the molecule is C[C@@H]1CCc2c(C(=O)NNC(=O)[C@H]3[C@@H](C(=O)O)[C@H]4C=C[C@@H]3C4)csc2C1. The summed E-state index contributed by atoms with van der Waals surface area (Å²) < 4.78 is 0. The molecule has 3 N–H and O–H groups in total. The fourth-order valence-electron chi connectivity index (χ4n) is 4.65. The van der Waals surface area contributed by atoms with E-state index in [4.69, 9.17) is 0 Å². The summed E-state index contributed by atoms with van der Waals surface area (Å²) in [6.45, 7) is 2.21. The fourth-order valence-corrected chi connectivity index (χ4v) is 5.90. The molecule has 1 saturated carbocycles. The Morgan fingerprint density at radius 3 is 2.62 bits per heavy atom. The number of amides is 2. The molecule has 5 atom stereocenters. The maximum absolute atomic E-state index is 12.5. The fraction of sp³-hybridized carbons (Fsp3) is 0.526. The second-order valence-corrected chi connectivity index (χ2v) is 8.64. The first-order chi connectivity index (χ1) is 12.5. The number of hydrogen-bond donors (Lipinski definition) is 3. The Balaban J connectivity index is 1.41. The number of aliphatic carboxylic acids is 1. The largest absolute Gasteiger partial charge is 0.481 e. The number of allylic oxidation sites excluding steroid dienone is 2. The molecule has 3 aliphatic carbocycles. The number of carbonyl (C=O) groups is 3. The number of hydrogen-bond acceptors (Lipinski definition) is 4. The van der Waals surface area contributed by atoms with Crippen LogP contribution in [0.15, 0.2) is 17.5 Å². The number of carboxylic acids is 1. The Kier molecular flexibility index (Phi) is 4.34. The number of carboxylic acid groups (broad SMARTS) is 1. The molecule has 6 nitrogen and oxygen atoms in total. The first kappa shape index (κ1) is 17.3. The first-order valence-corrected chi connectivity index (χ1v) is 9.94. The van der Waals surface area contributed by atoms with E-state index in [2.05, 4.69) is 17.8 Å². The number of hydrazine groups is 1. The zero-order valence-electron chi connectivity index (χ0n) is 14.5. The normalized spacial score (nSPS) is 31.5. The van der Waals surface area contributed by atoms with Gasteiger partial charge >= 0.3 is 5.97 Å². The van der Waals surface area contributed by atoms with Gasteiger partial charge in [-0.25, -0.2) is 0 Å². The topological polar surface area (TPSA) is 95.5 Å². The van der Waals surface area contributed by atoms with Gasteiger partial charge in [0.1, 0.15) is 0 Å². The van der Waals surface area contributed by atoms with Gasteiger partial charge in [0.2, 0.25) is 5.91 Å². The molecule has 138 valence electrons. The zero-order chi connectivity index (χ0) is 18.4. The minimum absolute atomic E-state index is 0.0617. The van der Waals surface area contributed by atoms with Gasteiger partial charge in [0.25, 0.3) is 5.91 Å². The third-order valence-corrected chi connectivity index (χ3v) is 7.04. The van der Waals surface area contributed by atoms with E-state index in [1.807, 2.05) is 17.5 Å². The van der Waals surface area contributed by atoms with Crippen LogP contribution in [0, 0.1) is 29.6 Å². The van der Waals surface area contributed by atoms with E-state index in [0.717, 1.165) is 24.8 Å². The lowest BCUT2D eigenvalue weighted by atomic mass is 9.82. The van der Waals surface area contributed by atoms with Crippen LogP contribution in [0.2, 0.25) is 0 Å². The van der Waals surface area contributed by atoms with Crippen molar-refractivity contribution in [3.05, 3.63) is 33.5 Å². The average Bonchev–Trinajstić information content (AvgIpc) is 3.32. The molecule has 0 radical (unpaired) electrons. The number of thiophene rings is 1. The van der Waals surface area contributed by atoms with E-state index < -0.39 is 23.7 Å². The van der Waals surface area contributed by atoms with E-state index in [1.54, 1.807) is 11.3 Å². The molecule has 1 aromatic rings. The van der Waals surface area contributed by atoms with Gasteiger partial charge in [0.05, 0.1) is 17.4 Å². The van der Waals surface area contributed by atoms with Crippen LogP contribution in [0.4, 0.5) is 0 Å². The summed E-state index contributed by atoms with van der Waals surface area (Å²) in [6.07, 6.45) is 7.46. The number of nitrogens with one attached hydrogen (secondary N) is 2. The molecule has 2 amide bonds. The molecule has 2 bridgehead atoms. The summed E-state index contributed by atoms with van der Waals surface area (Å²) in [4.78, 5) is 37.8. The summed E-state index contributed by atoms with van der Waals surface area (Å²) in [7, 11) is 0. The van der Waals surface area contributed by atoms with Crippen molar-refractivity contribution in [2.45, 2.75) is 32.6 Å². The lowest BCUT2D eigenvalue weighted by Crippen LogP contribution is -2.48. The predicted molar refractivity (Wildman–Crippen MR) is 96.5 cm³/mol. The summed E-state index contributed by atoms with van der Waals surface area (Å²) in [5.41, 5.74) is 6.67. The van der Waals surface area contributed by atoms with Crippen molar-refractivity contribution in [1.82, 2.24) is 10.9 Å². The molecule has 26 heavy (non-hydrogen) atoms. The summed E-state index contributed by atoms with van der Waals surface area (Å²) in [5.74, 6) is -2.54. The van der Waals surface area contributed by atoms with Crippen LogP contribution in [0.25, 0.3) is 0 Å². The Bertz CT molecular complexity index is 799. The Morgan fingerprint density at radius 1 is 1.15 bits per heavy atom. The molecule has 1 heterocycles. The molecule has 4 rings (SSSR count). The Morgan fingerprint density at radius 2 is 1.88 bits per heavy atom. The highest BCUT2D eigenvalue weighted by atomic mass is 32.1. The van der Waals surface area contributed by atoms with E-state index in [1.165, 1.54) is 4.88 Å². The molecule has 0 unspecified atom stereocenters. The predicted octanol–water partition coefficient (Wildman–Crippen LogP) is 2.16. The summed E-state index contributed by atoms with van der Waals surface area (Å²) in [6, 6.07) is 0. The molecule has 1 aromatic heterocycles. The van der Waals surface area contributed by atoms with Crippen molar-refractivity contribution in [1.29, 1.82) is 0 Å². The summed E-state index contributed by atoms with van der Waals surface area (Å²) >= 11 is 1.60. The van der Waals surface area contributed by atoms with Gasteiger partial charge in [0.15, 0.2) is 0 Å². The Labute approximate surface area is 155 Å². The van der Waals surface area contributed by atoms with Crippen LogP contribution in [-0.4, -0.2) is 22.9 Å². The van der Waals surface area contributed by atoms with Crippen molar-refractivity contribution in [3.8, 4) is 0 Å². The third kappa shape index (κ3) is 2.84. The van der Waals surface area contributed by atoms with Crippen LogP contribution in [0.1, 0.15) is 40.6 Å². The molecule has 0 aromatic carbocycles. The average molecular weight is 374 g/mol. The van der Waals surface area contributed by atoms with Gasteiger partial charge in [0, 0.05) is 10.3 Å². The minimum Gasteiger partial charge on any atom is -0.481 e. The quantitative estimate of drug-likeness (QED) is 0.558. The second-order valence-electron chi connectivity index (χ2n) is 7.68. The van der Waals surface area contributed by atoms with E-state index in [-0.39, 0.29) is 17.7 Å². The van der Waals surface area contributed by atoms with Gasteiger partial charge in [-0.2, -0.15) is 0 Å².